The minimum absolute atomic E-state index is 0.0419. The summed E-state index contributed by atoms with van der Waals surface area (Å²) in [5, 5.41) is 28.4. The van der Waals surface area contributed by atoms with Gasteiger partial charge in [-0.25, -0.2) is 0 Å². The van der Waals surface area contributed by atoms with E-state index in [-0.39, 0.29) is 12.0 Å². The zero-order valence-corrected chi connectivity index (χ0v) is 9.44. The molecule has 0 fully saturated rings. The standard InChI is InChI=1S/C11H16O6/c1-2-3-8(14)17-11-6(5-12)4-7(13)9(15)10(11)16/h4-5,7,9-11,13,15-16H,2-3H2,1H3. The van der Waals surface area contributed by atoms with Crippen molar-refractivity contribution in [2.24, 2.45) is 0 Å². The molecule has 17 heavy (non-hydrogen) atoms. The van der Waals surface area contributed by atoms with Gasteiger partial charge in [0.15, 0.2) is 6.10 Å². The number of aldehydes is 1. The van der Waals surface area contributed by atoms with E-state index in [1.807, 2.05) is 0 Å². The molecule has 0 aromatic heterocycles. The highest BCUT2D eigenvalue weighted by atomic mass is 16.6. The van der Waals surface area contributed by atoms with Gasteiger partial charge in [0.1, 0.15) is 24.6 Å². The van der Waals surface area contributed by atoms with E-state index in [1.54, 1.807) is 6.92 Å². The fraction of sp³-hybridized carbons (Fsp3) is 0.636. The van der Waals surface area contributed by atoms with E-state index in [9.17, 15) is 24.9 Å². The third-order valence-electron chi connectivity index (χ3n) is 2.55. The Morgan fingerprint density at radius 1 is 1.41 bits per heavy atom. The summed E-state index contributed by atoms with van der Waals surface area (Å²) in [6.07, 6.45) is -3.33. The van der Waals surface area contributed by atoms with E-state index < -0.39 is 30.4 Å². The summed E-state index contributed by atoms with van der Waals surface area (Å²) in [5.41, 5.74) is -0.0419. The highest BCUT2D eigenvalue weighted by molar-refractivity contribution is 5.78. The van der Waals surface area contributed by atoms with Gasteiger partial charge in [0.05, 0.1) is 0 Å². The molecule has 1 aliphatic rings. The van der Waals surface area contributed by atoms with Crippen molar-refractivity contribution in [3.05, 3.63) is 11.6 Å². The lowest BCUT2D eigenvalue weighted by Gasteiger charge is -2.32. The molecule has 3 N–H and O–H groups in total. The van der Waals surface area contributed by atoms with Crippen LogP contribution in [0.3, 0.4) is 0 Å². The summed E-state index contributed by atoms with van der Waals surface area (Å²) in [4.78, 5) is 22.0. The molecular weight excluding hydrogens is 228 g/mol. The van der Waals surface area contributed by atoms with E-state index in [4.69, 9.17) is 4.74 Å². The van der Waals surface area contributed by atoms with Crippen LogP contribution in [0.5, 0.6) is 0 Å². The molecule has 1 rings (SSSR count). The molecule has 0 spiro atoms. The Kier molecular flexibility index (Phi) is 4.80. The van der Waals surface area contributed by atoms with Crippen LogP contribution in [-0.4, -0.2) is 52.0 Å². The number of rotatable bonds is 4. The van der Waals surface area contributed by atoms with Crippen molar-refractivity contribution < 1.29 is 29.6 Å². The quantitative estimate of drug-likeness (QED) is 0.429. The van der Waals surface area contributed by atoms with Gasteiger partial charge in [0.2, 0.25) is 0 Å². The topological polar surface area (TPSA) is 104 Å². The number of aliphatic hydroxyl groups is 3. The molecule has 4 unspecified atom stereocenters. The molecular formula is C11H16O6. The third kappa shape index (κ3) is 3.12. The van der Waals surface area contributed by atoms with Gasteiger partial charge < -0.3 is 20.1 Å². The molecule has 0 radical (unpaired) electrons. The fourth-order valence-corrected chi connectivity index (χ4v) is 1.62. The molecule has 6 heteroatoms. The van der Waals surface area contributed by atoms with Crippen LogP contribution in [0.1, 0.15) is 19.8 Å². The van der Waals surface area contributed by atoms with Crippen LogP contribution >= 0.6 is 0 Å². The predicted octanol–water partition coefficient (Wildman–Crippen LogP) is -1.08. The zero-order valence-electron chi connectivity index (χ0n) is 9.44. The number of hydrogen-bond acceptors (Lipinski definition) is 6. The van der Waals surface area contributed by atoms with Crippen LogP contribution in [0.4, 0.5) is 0 Å². The van der Waals surface area contributed by atoms with Gasteiger partial charge in [-0.2, -0.15) is 0 Å². The monoisotopic (exact) mass is 244 g/mol. The number of ether oxygens (including phenoxy) is 1. The highest BCUT2D eigenvalue weighted by Crippen LogP contribution is 2.22. The molecule has 0 aromatic carbocycles. The third-order valence-corrected chi connectivity index (χ3v) is 2.55. The Hall–Kier alpha value is -1.24. The summed E-state index contributed by atoms with van der Waals surface area (Å²) in [6, 6.07) is 0. The van der Waals surface area contributed by atoms with Gasteiger partial charge in [-0.3, -0.25) is 9.59 Å². The second kappa shape index (κ2) is 5.90. The average Bonchev–Trinajstić information content (AvgIpc) is 2.30. The summed E-state index contributed by atoms with van der Waals surface area (Å²) in [6.45, 7) is 1.79. The van der Waals surface area contributed by atoms with Crippen LogP contribution in [-0.2, 0) is 14.3 Å². The predicted molar refractivity (Wildman–Crippen MR) is 57.0 cm³/mol. The van der Waals surface area contributed by atoms with E-state index >= 15 is 0 Å². The summed E-state index contributed by atoms with van der Waals surface area (Å²) < 4.78 is 4.91. The maximum absolute atomic E-state index is 11.3. The van der Waals surface area contributed by atoms with Crippen molar-refractivity contribution in [1.29, 1.82) is 0 Å². The summed E-state index contributed by atoms with van der Waals surface area (Å²) in [7, 11) is 0. The minimum Gasteiger partial charge on any atom is -0.454 e. The molecule has 96 valence electrons. The summed E-state index contributed by atoms with van der Waals surface area (Å²) in [5.74, 6) is -0.562. The molecule has 6 nitrogen and oxygen atoms in total. The molecule has 4 atom stereocenters. The van der Waals surface area contributed by atoms with Crippen LogP contribution in [0.2, 0.25) is 0 Å². The first-order valence-electron chi connectivity index (χ1n) is 5.41. The van der Waals surface area contributed by atoms with Crippen molar-refractivity contribution in [2.45, 2.75) is 44.2 Å². The largest absolute Gasteiger partial charge is 0.454 e. The Bertz CT molecular complexity index is 324. The number of carbonyl (C=O) groups is 2. The SMILES string of the molecule is CCCC(=O)OC1C(C=O)=CC(O)C(O)C1O. The lowest BCUT2D eigenvalue weighted by molar-refractivity contribution is -0.161. The first-order chi connectivity index (χ1) is 8.01. The first kappa shape index (κ1) is 13.8. The van der Waals surface area contributed by atoms with Crippen molar-refractivity contribution in [3.63, 3.8) is 0 Å². The maximum Gasteiger partial charge on any atom is 0.306 e. The number of esters is 1. The Balaban J connectivity index is 2.83. The van der Waals surface area contributed by atoms with Crippen LogP contribution < -0.4 is 0 Å². The van der Waals surface area contributed by atoms with Crippen molar-refractivity contribution in [3.8, 4) is 0 Å². The lowest BCUT2D eigenvalue weighted by atomic mass is 9.90. The molecule has 0 amide bonds. The highest BCUT2D eigenvalue weighted by Gasteiger charge is 2.39. The second-order valence-corrected chi connectivity index (χ2v) is 3.92. The van der Waals surface area contributed by atoms with Crippen LogP contribution in [0, 0.1) is 0 Å². The Morgan fingerprint density at radius 3 is 2.59 bits per heavy atom. The molecule has 0 aromatic rings. The van der Waals surface area contributed by atoms with Gasteiger partial charge in [-0.15, -0.1) is 0 Å². The van der Waals surface area contributed by atoms with E-state index in [0.29, 0.717) is 12.7 Å². The Morgan fingerprint density at radius 2 is 2.06 bits per heavy atom. The number of aliphatic hydroxyl groups excluding tert-OH is 3. The van der Waals surface area contributed by atoms with Gasteiger partial charge in [-0.1, -0.05) is 6.92 Å². The van der Waals surface area contributed by atoms with E-state index in [1.165, 1.54) is 0 Å². The number of hydrogen-bond donors (Lipinski definition) is 3. The Labute approximate surface area is 98.5 Å². The molecule has 0 heterocycles. The normalized spacial score (nSPS) is 32.8. The molecule has 0 saturated heterocycles. The molecule has 1 aliphatic carbocycles. The van der Waals surface area contributed by atoms with Crippen LogP contribution in [0.15, 0.2) is 11.6 Å². The fourth-order valence-electron chi connectivity index (χ4n) is 1.62. The van der Waals surface area contributed by atoms with Gasteiger partial charge in [0.25, 0.3) is 0 Å². The van der Waals surface area contributed by atoms with E-state index in [0.717, 1.165) is 6.08 Å². The minimum atomic E-state index is -1.50. The molecule has 0 saturated carbocycles. The van der Waals surface area contributed by atoms with Gasteiger partial charge in [0, 0.05) is 12.0 Å². The molecule has 0 aliphatic heterocycles. The maximum atomic E-state index is 11.3. The first-order valence-corrected chi connectivity index (χ1v) is 5.41. The smallest absolute Gasteiger partial charge is 0.306 e. The van der Waals surface area contributed by atoms with Gasteiger partial charge >= 0.3 is 5.97 Å². The zero-order chi connectivity index (χ0) is 13.0. The van der Waals surface area contributed by atoms with Crippen molar-refractivity contribution in [2.75, 3.05) is 0 Å². The van der Waals surface area contributed by atoms with E-state index in [2.05, 4.69) is 0 Å². The number of carbonyl (C=O) groups excluding carboxylic acids is 2. The molecule has 0 bridgehead atoms. The van der Waals surface area contributed by atoms with Crippen molar-refractivity contribution >= 4 is 12.3 Å². The van der Waals surface area contributed by atoms with Crippen LogP contribution in [0.25, 0.3) is 0 Å². The summed E-state index contributed by atoms with van der Waals surface area (Å²) >= 11 is 0. The van der Waals surface area contributed by atoms with Crippen molar-refractivity contribution in [1.82, 2.24) is 0 Å². The van der Waals surface area contributed by atoms with Gasteiger partial charge in [-0.05, 0) is 12.5 Å². The lowest BCUT2D eigenvalue weighted by Crippen LogP contribution is -2.50. The second-order valence-electron chi connectivity index (χ2n) is 3.92. The average molecular weight is 244 g/mol.